The molecule has 0 aliphatic carbocycles. The van der Waals surface area contributed by atoms with E-state index in [-0.39, 0.29) is 19.4 Å². The third kappa shape index (κ3) is 2.43. The molecule has 2 aromatic heterocycles. The molecule has 108 valence electrons. The number of fused-ring (bicyclic) bond motifs is 1. The van der Waals surface area contributed by atoms with E-state index in [0.29, 0.717) is 11.2 Å². The first-order valence-corrected chi connectivity index (χ1v) is 6.28. The van der Waals surface area contributed by atoms with E-state index in [0.717, 1.165) is 4.57 Å². The van der Waals surface area contributed by atoms with Crippen LogP contribution < -0.4 is 11.2 Å². The molecule has 0 bridgehead atoms. The topological polar surface area (TPSA) is 78.9 Å². The van der Waals surface area contributed by atoms with Crippen LogP contribution in [-0.4, -0.2) is 24.5 Å². The van der Waals surface area contributed by atoms with Crippen molar-refractivity contribution in [2.75, 3.05) is 0 Å². The van der Waals surface area contributed by atoms with Gasteiger partial charge in [-0.2, -0.15) is 0 Å². The molecule has 0 aromatic carbocycles. The third-order valence-electron chi connectivity index (χ3n) is 3.13. The second-order valence-corrected chi connectivity index (χ2v) is 4.66. The lowest BCUT2D eigenvalue weighted by molar-refractivity contribution is -0.117. The summed E-state index contributed by atoms with van der Waals surface area (Å²) in [6, 6.07) is 0. The van der Waals surface area contributed by atoms with Crippen LogP contribution in [0.15, 0.2) is 15.9 Å². The molecule has 2 rings (SSSR count). The monoisotopic (exact) mass is 280 g/mol. The van der Waals surface area contributed by atoms with E-state index in [1.807, 2.05) is 0 Å². The maximum absolute atomic E-state index is 12.4. The van der Waals surface area contributed by atoms with Gasteiger partial charge in [0.05, 0.1) is 6.33 Å². The second-order valence-electron chi connectivity index (χ2n) is 4.66. The minimum absolute atomic E-state index is 0.0403. The van der Waals surface area contributed by atoms with E-state index in [1.165, 1.54) is 24.9 Å². The van der Waals surface area contributed by atoms with E-state index in [9.17, 15) is 14.4 Å². The Bertz CT molecular complexity index is 847. The second kappa shape index (κ2) is 5.44. The van der Waals surface area contributed by atoms with Crippen molar-refractivity contribution in [3.05, 3.63) is 27.2 Å². The van der Waals surface area contributed by atoms with E-state index in [1.54, 1.807) is 11.6 Å². The van der Waals surface area contributed by atoms with Crippen molar-refractivity contribution in [2.24, 2.45) is 14.1 Å². The van der Waals surface area contributed by atoms with Gasteiger partial charge >= 0.3 is 5.69 Å². The van der Waals surface area contributed by atoms with E-state index < -0.39 is 23.4 Å². The number of nitrogens with zero attached hydrogens (tertiary/aromatic N) is 4. The number of hydrogen-bond acceptors (Lipinski definition) is 4. The minimum atomic E-state index is -1.94. The lowest BCUT2D eigenvalue weighted by atomic mass is 10.2. The molecule has 0 radical (unpaired) electrons. The number of ketones is 1. The highest BCUT2D eigenvalue weighted by Gasteiger charge is 2.14. The number of carbonyl (C=O) groups is 1. The Morgan fingerprint density at radius 1 is 1.35 bits per heavy atom. The molecule has 2 heterocycles. The lowest BCUT2D eigenvalue weighted by Gasteiger charge is -2.08. The van der Waals surface area contributed by atoms with Crippen LogP contribution >= 0.6 is 0 Å². The van der Waals surface area contributed by atoms with Crippen molar-refractivity contribution in [3.8, 4) is 0 Å². The summed E-state index contributed by atoms with van der Waals surface area (Å²) in [5.74, 6) is -0.560. The Kier molecular flexibility index (Phi) is 3.16. The van der Waals surface area contributed by atoms with Crippen LogP contribution in [0.1, 0.15) is 28.9 Å². The average molecular weight is 280 g/mol. The van der Waals surface area contributed by atoms with Gasteiger partial charge in [0, 0.05) is 29.8 Å². The number of hydrogen-bond donors (Lipinski definition) is 0. The molecule has 0 amide bonds. The van der Waals surface area contributed by atoms with Gasteiger partial charge in [0.2, 0.25) is 0 Å². The fourth-order valence-corrected chi connectivity index (χ4v) is 2.10. The Morgan fingerprint density at radius 3 is 2.70 bits per heavy atom. The zero-order valence-electron chi connectivity index (χ0n) is 13.7. The number of carbonyl (C=O) groups excluding carboxylic acids is 1. The zero-order valence-corrected chi connectivity index (χ0v) is 11.7. The summed E-state index contributed by atoms with van der Waals surface area (Å²) in [6.45, 7) is 1.24. The number of aromatic nitrogens is 4. The third-order valence-corrected chi connectivity index (χ3v) is 3.13. The van der Waals surface area contributed by atoms with Crippen LogP contribution in [0.3, 0.4) is 0 Å². The van der Waals surface area contributed by atoms with Gasteiger partial charge in [-0.05, 0) is 19.8 Å². The molecule has 0 unspecified atom stereocenters. The highest BCUT2D eigenvalue weighted by Crippen LogP contribution is 2.04. The molecule has 7 nitrogen and oxygen atoms in total. The van der Waals surface area contributed by atoms with Gasteiger partial charge in [-0.3, -0.25) is 13.9 Å². The van der Waals surface area contributed by atoms with Gasteiger partial charge in [-0.1, -0.05) is 0 Å². The van der Waals surface area contributed by atoms with Crippen LogP contribution in [-0.2, 0) is 25.4 Å². The quantitative estimate of drug-likeness (QED) is 0.783. The van der Waals surface area contributed by atoms with Gasteiger partial charge in [-0.15, -0.1) is 0 Å². The number of imidazole rings is 1. The highest BCUT2D eigenvalue weighted by atomic mass is 16.2. The normalized spacial score (nSPS) is 13.3. The van der Waals surface area contributed by atoms with Crippen molar-refractivity contribution in [3.63, 3.8) is 0 Å². The molecule has 0 spiro atoms. The van der Waals surface area contributed by atoms with Gasteiger partial charge in [-0.25, -0.2) is 9.78 Å². The van der Waals surface area contributed by atoms with E-state index >= 15 is 0 Å². The number of aryl methyl sites for hydroxylation is 2. The Hall–Kier alpha value is -2.18. The summed E-state index contributed by atoms with van der Waals surface area (Å²) < 4.78 is 19.0. The van der Waals surface area contributed by atoms with Gasteiger partial charge in [0.15, 0.2) is 11.2 Å². The first-order chi connectivity index (χ1) is 10.2. The van der Waals surface area contributed by atoms with E-state index in [4.69, 9.17) is 2.74 Å². The molecule has 20 heavy (non-hydrogen) atoms. The fourth-order valence-electron chi connectivity index (χ4n) is 2.10. The number of rotatable bonds is 5. The molecule has 7 heteroatoms. The molecule has 0 N–H and O–H groups in total. The highest BCUT2D eigenvalue weighted by molar-refractivity contribution is 5.75. The van der Waals surface area contributed by atoms with Crippen molar-refractivity contribution in [1.29, 1.82) is 0 Å². The van der Waals surface area contributed by atoms with Crippen molar-refractivity contribution >= 4 is 16.9 Å². The largest absolute Gasteiger partial charge is 0.332 e. The smallest absolute Gasteiger partial charge is 0.328 e. The number of Topliss-reactive ketones (excluding diaryl/α,β-unsaturated/α-hetero) is 1. The minimum Gasteiger partial charge on any atom is -0.328 e. The maximum atomic E-state index is 12.4. The molecule has 0 atom stereocenters. The summed E-state index contributed by atoms with van der Waals surface area (Å²) in [5, 5.41) is 0. The van der Waals surface area contributed by atoms with Crippen LogP contribution in [0.5, 0.6) is 0 Å². The van der Waals surface area contributed by atoms with Crippen LogP contribution in [0.2, 0.25) is 0 Å². The zero-order chi connectivity index (χ0) is 16.7. The summed E-state index contributed by atoms with van der Waals surface area (Å²) in [7, 11) is 3.20. The summed E-state index contributed by atoms with van der Waals surface area (Å²) in [5.41, 5.74) is -0.328. The van der Waals surface area contributed by atoms with Gasteiger partial charge < -0.3 is 9.36 Å². The lowest BCUT2D eigenvalue weighted by Crippen LogP contribution is -2.39. The SMILES string of the molecule is [2H]C([2H])(CCCn1c(=O)c2c(ncn2C)n(C)c1=O)C(C)=O. The Labute approximate surface area is 118 Å². The van der Waals surface area contributed by atoms with Crippen LogP contribution in [0.25, 0.3) is 11.2 Å². The predicted octanol–water partition coefficient (Wildman–Crippen LogP) is 0.193. The molecular weight excluding hydrogens is 260 g/mol. The summed E-state index contributed by atoms with van der Waals surface area (Å²) in [6.07, 6.45) is -0.303. The van der Waals surface area contributed by atoms with Crippen molar-refractivity contribution in [2.45, 2.75) is 32.7 Å². The molecule has 0 saturated carbocycles. The van der Waals surface area contributed by atoms with Crippen LogP contribution in [0.4, 0.5) is 0 Å². The average Bonchev–Trinajstić information content (AvgIpc) is 2.82. The molecule has 0 aliphatic heterocycles. The molecule has 0 aliphatic rings. The molecule has 0 saturated heterocycles. The Balaban J connectivity index is 2.37. The Morgan fingerprint density at radius 2 is 2.05 bits per heavy atom. The molecule has 0 fully saturated rings. The fraction of sp³-hybridized carbons (Fsp3) is 0.538. The van der Waals surface area contributed by atoms with Gasteiger partial charge in [0.1, 0.15) is 5.78 Å². The van der Waals surface area contributed by atoms with E-state index in [2.05, 4.69) is 4.98 Å². The first kappa shape index (κ1) is 11.6. The maximum Gasteiger partial charge on any atom is 0.332 e. The van der Waals surface area contributed by atoms with Crippen molar-refractivity contribution < 1.29 is 7.54 Å². The first-order valence-electron chi connectivity index (χ1n) is 7.28. The van der Waals surface area contributed by atoms with Gasteiger partial charge in [0.25, 0.3) is 5.56 Å². The summed E-state index contributed by atoms with van der Waals surface area (Å²) in [4.78, 5) is 39.8. The standard InChI is InChI=1S/C13H18N4O3/c1-9(18)6-4-5-7-17-12(19)10-11(14-8-15(10)2)16(3)13(17)20/h8H,4-7H2,1-3H3/i6D2. The van der Waals surface area contributed by atoms with Crippen molar-refractivity contribution in [1.82, 2.24) is 18.7 Å². The van der Waals surface area contributed by atoms with Crippen LogP contribution in [0, 0.1) is 0 Å². The predicted molar refractivity (Wildman–Crippen MR) is 74.7 cm³/mol. The molecule has 2 aromatic rings. The summed E-state index contributed by atoms with van der Waals surface area (Å²) >= 11 is 0. The molecular formula is C13H18N4O3.